The molecule has 0 fully saturated rings. The molecular formula is C10H18N4O. The van der Waals surface area contributed by atoms with E-state index in [1.54, 1.807) is 6.20 Å². The highest BCUT2D eigenvalue weighted by molar-refractivity contribution is 5.77. The topological polar surface area (TPSA) is 59.0 Å². The SMILES string of the molecule is CCCNC(=O)CNCCn1cccn1. The van der Waals surface area contributed by atoms with E-state index in [2.05, 4.69) is 15.7 Å². The molecule has 0 atom stereocenters. The summed E-state index contributed by atoms with van der Waals surface area (Å²) in [5, 5.41) is 9.92. The fourth-order valence-corrected chi connectivity index (χ4v) is 1.16. The van der Waals surface area contributed by atoms with E-state index in [4.69, 9.17) is 0 Å². The third-order valence-electron chi connectivity index (χ3n) is 1.93. The predicted molar refractivity (Wildman–Crippen MR) is 58.4 cm³/mol. The van der Waals surface area contributed by atoms with Crippen LogP contribution in [0.25, 0.3) is 0 Å². The van der Waals surface area contributed by atoms with Crippen molar-refractivity contribution in [2.75, 3.05) is 19.6 Å². The number of hydrogen-bond donors (Lipinski definition) is 2. The second-order valence-corrected chi connectivity index (χ2v) is 3.30. The maximum absolute atomic E-state index is 11.2. The third kappa shape index (κ3) is 5.17. The van der Waals surface area contributed by atoms with Crippen molar-refractivity contribution in [1.82, 2.24) is 20.4 Å². The lowest BCUT2D eigenvalue weighted by atomic mass is 10.4. The van der Waals surface area contributed by atoms with Crippen molar-refractivity contribution >= 4 is 5.91 Å². The molecule has 0 radical (unpaired) electrons. The molecule has 0 unspecified atom stereocenters. The van der Waals surface area contributed by atoms with Gasteiger partial charge in [0.2, 0.25) is 5.91 Å². The van der Waals surface area contributed by atoms with Gasteiger partial charge in [0, 0.05) is 25.5 Å². The Morgan fingerprint density at radius 3 is 3.00 bits per heavy atom. The van der Waals surface area contributed by atoms with Gasteiger partial charge in [-0.05, 0) is 12.5 Å². The molecule has 0 aliphatic carbocycles. The number of amides is 1. The fraction of sp³-hybridized carbons (Fsp3) is 0.600. The van der Waals surface area contributed by atoms with Crippen LogP contribution in [-0.4, -0.2) is 35.3 Å². The molecule has 2 N–H and O–H groups in total. The summed E-state index contributed by atoms with van der Waals surface area (Å²) < 4.78 is 1.83. The Kier molecular flexibility index (Phi) is 5.47. The second kappa shape index (κ2) is 7.00. The molecule has 0 aliphatic rings. The Balaban J connectivity index is 1.99. The number of carbonyl (C=O) groups is 1. The van der Waals surface area contributed by atoms with E-state index in [1.165, 1.54) is 0 Å². The number of aromatic nitrogens is 2. The highest BCUT2D eigenvalue weighted by Crippen LogP contribution is 1.82. The first-order valence-electron chi connectivity index (χ1n) is 5.27. The number of nitrogens with zero attached hydrogens (tertiary/aromatic N) is 2. The van der Waals surface area contributed by atoms with Gasteiger partial charge in [-0.25, -0.2) is 0 Å². The number of hydrogen-bond acceptors (Lipinski definition) is 3. The van der Waals surface area contributed by atoms with Crippen molar-refractivity contribution in [1.29, 1.82) is 0 Å². The molecule has 0 saturated carbocycles. The quantitative estimate of drug-likeness (QED) is 0.623. The average molecular weight is 210 g/mol. The Labute approximate surface area is 89.9 Å². The standard InChI is InChI=1S/C10H18N4O/c1-2-4-12-10(15)9-11-6-8-14-7-3-5-13-14/h3,5,7,11H,2,4,6,8-9H2,1H3,(H,12,15). The maximum atomic E-state index is 11.2. The summed E-state index contributed by atoms with van der Waals surface area (Å²) in [4.78, 5) is 11.2. The first-order chi connectivity index (χ1) is 7.33. The van der Waals surface area contributed by atoms with Crippen molar-refractivity contribution in [2.24, 2.45) is 0 Å². The van der Waals surface area contributed by atoms with Crippen molar-refractivity contribution in [2.45, 2.75) is 19.9 Å². The Hall–Kier alpha value is -1.36. The van der Waals surface area contributed by atoms with Crippen LogP contribution < -0.4 is 10.6 Å². The number of nitrogens with one attached hydrogen (secondary N) is 2. The lowest BCUT2D eigenvalue weighted by Gasteiger charge is -2.05. The van der Waals surface area contributed by atoms with Gasteiger partial charge in [0.25, 0.3) is 0 Å². The van der Waals surface area contributed by atoms with Crippen LogP contribution in [0.5, 0.6) is 0 Å². The average Bonchev–Trinajstić information content (AvgIpc) is 2.74. The van der Waals surface area contributed by atoms with Crippen LogP contribution in [0.4, 0.5) is 0 Å². The zero-order valence-corrected chi connectivity index (χ0v) is 9.07. The van der Waals surface area contributed by atoms with Gasteiger partial charge in [-0.3, -0.25) is 9.48 Å². The van der Waals surface area contributed by atoms with E-state index >= 15 is 0 Å². The summed E-state index contributed by atoms with van der Waals surface area (Å²) >= 11 is 0. The number of rotatable bonds is 7. The molecule has 84 valence electrons. The molecule has 1 heterocycles. The van der Waals surface area contributed by atoms with Gasteiger partial charge in [0.15, 0.2) is 0 Å². The molecule has 1 rings (SSSR count). The predicted octanol–water partition coefficient (Wildman–Crippen LogP) is -0.00110. The Morgan fingerprint density at radius 2 is 2.33 bits per heavy atom. The molecule has 1 aromatic heterocycles. The van der Waals surface area contributed by atoms with Crippen LogP contribution in [0, 0.1) is 0 Å². The molecule has 5 heteroatoms. The van der Waals surface area contributed by atoms with Gasteiger partial charge in [0.05, 0.1) is 13.1 Å². The van der Waals surface area contributed by atoms with Gasteiger partial charge < -0.3 is 10.6 Å². The minimum absolute atomic E-state index is 0.0531. The van der Waals surface area contributed by atoms with Crippen molar-refractivity contribution < 1.29 is 4.79 Å². The van der Waals surface area contributed by atoms with Gasteiger partial charge in [-0.1, -0.05) is 6.92 Å². The minimum atomic E-state index is 0.0531. The Morgan fingerprint density at radius 1 is 1.47 bits per heavy atom. The summed E-state index contributed by atoms with van der Waals surface area (Å²) in [5.41, 5.74) is 0. The summed E-state index contributed by atoms with van der Waals surface area (Å²) in [6.45, 7) is 4.70. The van der Waals surface area contributed by atoms with Gasteiger partial charge in [0.1, 0.15) is 0 Å². The van der Waals surface area contributed by atoms with Crippen molar-refractivity contribution in [3.05, 3.63) is 18.5 Å². The summed E-state index contributed by atoms with van der Waals surface area (Å²) in [7, 11) is 0. The zero-order chi connectivity index (χ0) is 10.9. The molecule has 0 bridgehead atoms. The Bertz CT molecular complexity index is 271. The number of carbonyl (C=O) groups excluding carboxylic acids is 1. The van der Waals surface area contributed by atoms with E-state index in [-0.39, 0.29) is 5.91 Å². The first-order valence-corrected chi connectivity index (χ1v) is 5.27. The molecule has 0 saturated heterocycles. The molecule has 1 amide bonds. The maximum Gasteiger partial charge on any atom is 0.233 e. The van der Waals surface area contributed by atoms with Crippen LogP contribution in [-0.2, 0) is 11.3 Å². The molecule has 0 aliphatic heterocycles. The largest absolute Gasteiger partial charge is 0.355 e. The molecule has 0 spiro atoms. The van der Waals surface area contributed by atoms with E-state index < -0.39 is 0 Å². The molecule has 0 aromatic carbocycles. The lowest BCUT2D eigenvalue weighted by Crippen LogP contribution is -2.35. The molecule has 5 nitrogen and oxygen atoms in total. The second-order valence-electron chi connectivity index (χ2n) is 3.30. The lowest BCUT2D eigenvalue weighted by molar-refractivity contribution is -0.120. The van der Waals surface area contributed by atoms with Gasteiger partial charge in [-0.15, -0.1) is 0 Å². The summed E-state index contributed by atoms with van der Waals surface area (Å²) in [5.74, 6) is 0.0531. The fourth-order valence-electron chi connectivity index (χ4n) is 1.16. The van der Waals surface area contributed by atoms with Gasteiger partial charge in [-0.2, -0.15) is 5.10 Å². The highest BCUT2D eigenvalue weighted by Gasteiger charge is 1.98. The van der Waals surface area contributed by atoms with E-state index in [1.807, 2.05) is 23.9 Å². The van der Waals surface area contributed by atoms with Crippen LogP contribution in [0.15, 0.2) is 18.5 Å². The van der Waals surface area contributed by atoms with Gasteiger partial charge >= 0.3 is 0 Å². The van der Waals surface area contributed by atoms with Crippen LogP contribution in [0.3, 0.4) is 0 Å². The minimum Gasteiger partial charge on any atom is -0.355 e. The van der Waals surface area contributed by atoms with Crippen LogP contribution in [0.2, 0.25) is 0 Å². The van der Waals surface area contributed by atoms with E-state index in [9.17, 15) is 4.79 Å². The zero-order valence-electron chi connectivity index (χ0n) is 9.07. The van der Waals surface area contributed by atoms with Crippen molar-refractivity contribution in [3.63, 3.8) is 0 Å². The summed E-state index contributed by atoms with van der Waals surface area (Å²) in [6, 6.07) is 1.88. The third-order valence-corrected chi connectivity index (χ3v) is 1.93. The van der Waals surface area contributed by atoms with E-state index in [0.717, 1.165) is 26.1 Å². The smallest absolute Gasteiger partial charge is 0.233 e. The normalized spacial score (nSPS) is 10.2. The molecule has 1 aromatic rings. The van der Waals surface area contributed by atoms with Crippen molar-refractivity contribution in [3.8, 4) is 0 Å². The first kappa shape index (κ1) is 11.7. The summed E-state index contributed by atoms with van der Waals surface area (Å²) in [6.07, 6.45) is 4.62. The van der Waals surface area contributed by atoms with E-state index in [0.29, 0.717) is 6.54 Å². The highest BCUT2D eigenvalue weighted by atomic mass is 16.1. The van der Waals surface area contributed by atoms with Crippen LogP contribution >= 0.6 is 0 Å². The molecular weight excluding hydrogens is 192 g/mol. The monoisotopic (exact) mass is 210 g/mol. The van der Waals surface area contributed by atoms with Crippen LogP contribution in [0.1, 0.15) is 13.3 Å². The molecule has 15 heavy (non-hydrogen) atoms.